The zero-order valence-electron chi connectivity index (χ0n) is 14.3. The van der Waals surface area contributed by atoms with Crippen LogP contribution in [0.15, 0.2) is 54.6 Å². The monoisotopic (exact) mass is 341 g/mol. The van der Waals surface area contributed by atoms with Crippen molar-refractivity contribution in [3.63, 3.8) is 0 Å². The van der Waals surface area contributed by atoms with Crippen LogP contribution in [0.3, 0.4) is 0 Å². The van der Waals surface area contributed by atoms with Gasteiger partial charge in [-0.15, -0.1) is 0 Å². The summed E-state index contributed by atoms with van der Waals surface area (Å²) in [7, 11) is 0. The summed E-state index contributed by atoms with van der Waals surface area (Å²) in [6.07, 6.45) is 4.14. The van der Waals surface area contributed by atoms with Crippen LogP contribution in [-0.4, -0.2) is 28.6 Å². The SMILES string of the molecule is O=C(C(CO)c1ccccc1)N(Cc1cccc(F)c1)C1CCCC1. The molecule has 2 aromatic rings. The highest BCUT2D eigenvalue weighted by atomic mass is 19.1. The molecule has 1 aliphatic rings. The molecule has 2 aromatic carbocycles. The van der Waals surface area contributed by atoms with Crippen molar-refractivity contribution in [1.82, 2.24) is 4.90 Å². The summed E-state index contributed by atoms with van der Waals surface area (Å²) in [5.74, 6) is -0.946. The lowest BCUT2D eigenvalue weighted by Crippen LogP contribution is -2.42. The quantitative estimate of drug-likeness (QED) is 0.866. The van der Waals surface area contributed by atoms with Gasteiger partial charge >= 0.3 is 0 Å². The number of nitrogens with zero attached hydrogens (tertiary/aromatic N) is 1. The van der Waals surface area contributed by atoms with Crippen molar-refractivity contribution in [1.29, 1.82) is 0 Å². The highest BCUT2D eigenvalue weighted by Crippen LogP contribution is 2.29. The average molecular weight is 341 g/mol. The van der Waals surface area contributed by atoms with E-state index < -0.39 is 5.92 Å². The van der Waals surface area contributed by atoms with Gasteiger partial charge in [-0.2, -0.15) is 0 Å². The van der Waals surface area contributed by atoms with Crippen LogP contribution in [0.2, 0.25) is 0 Å². The fourth-order valence-corrected chi connectivity index (χ4v) is 3.65. The molecule has 0 bridgehead atoms. The molecule has 1 unspecified atom stereocenters. The van der Waals surface area contributed by atoms with Gasteiger partial charge in [0.05, 0.1) is 12.5 Å². The summed E-state index contributed by atoms with van der Waals surface area (Å²) in [5, 5.41) is 9.84. The molecule has 25 heavy (non-hydrogen) atoms. The molecule has 1 saturated carbocycles. The molecule has 0 aliphatic heterocycles. The van der Waals surface area contributed by atoms with Gasteiger partial charge in [0.15, 0.2) is 0 Å². The number of rotatable bonds is 6. The maximum absolute atomic E-state index is 13.5. The van der Waals surface area contributed by atoms with E-state index >= 15 is 0 Å². The van der Waals surface area contributed by atoms with Crippen molar-refractivity contribution in [2.45, 2.75) is 44.2 Å². The fourth-order valence-electron chi connectivity index (χ4n) is 3.65. The average Bonchev–Trinajstić information content (AvgIpc) is 3.15. The third-order valence-corrected chi connectivity index (χ3v) is 4.97. The molecular weight excluding hydrogens is 317 g/mol. The summed E-state index contributed by atoms with van der Waals surface area (Å²) in [4.78, 5) is 15.1. The summed E-state index contributed by atoms with van der Waals surface area (Å²) < 4.78 is 13.5. The van der Waals surface area contributed by atoms with Crippen LogP contribution in [0, 0.1) is 5.82 Å². The third-order valence-electron chi connectivity index (χ3n) is 4.97. The van der Waals surface area contributed by atoms with E-state index in [1.54, 1.807) is 6.07 Å². The lowest BCUT2D eigenvalue weighted by Gasteiger charge is -2.32. The molecule has 0 heterocycles. The van der Waals surface area contributed by atoms with Gasteiger partial charge in [0.2, 0.25) is 5.91 Å². The van der Waals surface area contributed by atoms with E-state index in [0.29, 0.717) is 6.54 Å². The first-order valence-corrected chi connectivity index (χ1v) is 8.90. The first-order chi connectivity index (χ1) is 12.2. The molecule has 4 heteroatoms. The Kier molecular flexibility index (Phi) is 5.82. The Hall–Kier alpha value is -2.20. The highest BCUT2D eigenvalue weighted by molar-refractivity contribution is 5.84. The Balaban J connectivity index is 1.86. The fraction of sp³-hybridized carbons (Fsp3) is 0.381. The van der Waals surface area contributed by atoms with Crippen LogP contribution in [0.5, 0.6) is 0 Å². The van der Waals surface area contributed by atoms with Crippen molar-refractivity contribution in [3.05, 3.63) is 71.5 Å². The molecule has 0 aromatic heterocycles. The minimum absolute atomic E-state index is 0.0788. The van der Waals surface area contributed by atoms with Gasteiger partial charge in [0, 0.05) is 12.6 Å². The van der Waals surface area contributed by atoms with Crippen molar-refractivity contribution in [2.24, 2.45) is 0 Å². The second kappa shape index (κ2) is 8.26. The number of hydrogen-bond acceptors (Lipinski definition) is 2. The number of hydrogen-bond donors (Lipinski definition) is 1. The van der Waals surface area contributed by atoms with Crippen LogP contribution in [0.25, 0.3) is 0 Å². The summed E-state index contributed by atoms with van der Waals surface area (Å²) >= 11 is 0. The second-order valence-electron chi connectivity index (χ2n) is 6.68. The van der Waals surface area contributed by atoms with Gasteiger partial charge in [-0.1, -0.05) is 55.3 Å². The minimum Gasteiger partial charge on any atom is -0.395 e. The Morgan fingerprint density at radius 1 is 1.12 bits per heavy atom. The molecule has 1 amide bonds. The normalized spacial score (nSPS) is 15.9. The van der Waals surface area contributed by atoms with E-state index in [-0.39, 0.29) is 24.4 Å². The number of aliphatic hydroxyl groups is 1. The number of carbonyl (C=O) groups is 1. The Labute approximate surface area is 148 Å². The van der Waals surface area contributed by atoms with Crippen LogP contribution < -0.4 is 0 Å². The lowest BCUT2D eigenvalue weighted by molar-refractivity contribution is -0.136. The van der Waals surface area contributed by atoms with Crippen LogP contribution in [0.1, 0.15) is 42.7 Å². The van der Waals surface area contributed by atoms with Crippen molar-refractivity contribution < 1.29 is 14.3 Å². The zero-order valence-corrected chi connectivity index (χ0v) is 14.3. The van der Waals surface area contributed by atoms with E-state index in [1.807, 2.05) is 41.3 Å². The van der Waals surface area contributed by atoms with Gasteiger partial charge < -0.3 is 10.0 Å². The van der Waals surface area contributed by atoms with Crippen LogP contribution in [0.4, 0.5) is 4.39 Å². The van der Waals surface area contributed by atoms with Gasteiger partial charge in [0.25, 0.3) is 0 Å². The molecule has 1 atom stereocenters. The Morgan fingerprint density at radius 3 is 2.48 bits per heavy atom. The lowest BCUT2D eigenvalue weighted by atomic mass is 9.97. The molecule has 3 rings (SSSR count). The molecule has 3 nitrogen and oxygen atoms in total. The second-order valence-corrected chi connectivity index (χ2v) is 6.68. The van der Waals surface area contributed by atoms with E-state index in [9.17, 15) is 14.3 Å². The van der Waals surface area contributed by atoms with E-state index in [1.165, 1.54) is 12.1 Å². The zero-order chi connectivity index (χ0) is 17.6. The van der Waals surface area contributed by atoms with E-state index in [2.05, 4.69) is 0 Å². The van der Waals surface area contributed by atoms with E-state index in [0.717, 1.165) is 36.8 Å². The predicted molar refractivity (Wildman–Crippen MR) is 95.5 cm³/mol. The number of amides is 1. The van der Waals surface area contributed by atoms with Crippen LogP contribution >= 0.6 is 0 Å². The van der Waals surface area contributed by atoms with Crippen LogP contribution in [-0.2, 0) is 11.3 Å². The molecule has 1 N–H and O–H groups in total. The molecule has 1 aliphatic carbocycles. The summed E-state index contributed by atoms with van der Waals surface area (Å²) in [6, 6.07) is 15.9. The first-order valence-electron chi connectivity index (χ1n) is 8.90. The standard InChI is InChI=1S/C21H24FNO2/c22-18-10-6-7-16(13-18)14-23(19-11-4-5-12-19)21(25)20(15-24)17-8-2-1-3-9-17/h1-3,6-10,13,19-20,24H,4-5,11-12,14-15H2. The van der Waals surface area contributed by atoms with Crippen molar-refractivity contribution >= 4 is 5.91 Å². The highest BCUT2D eigenvalue weighted by Gasteiger charge is 2.32. The largest absolute Gasteiger partial charge is 0.395 e. The number of aliphatic hydroxyl groups excluding tert-OH is 1. The predicted octanol–water partition coefficient (Wildman–Crippen LogP) is 3.87. The van der Waals surface area contributed by atoms with Crippen molar-refractivity contribution in [2.75, 3.05) is 6.61 Å². The molecule has 0 saturated heterocycles. The molecule has 1 fully saturated rings. The molecule has 0 spiro atoms. The molecule has 132 valence electrons. The molecule has 0 radical (unpaired) electrons. The minimum atomic E-state index is -0.574. The number of benzene rings is 2. The summed E-state index contributed by atoms with van der Waals surface area (Å²) in [6.45, 7) is 0.153. The summed E-state index contributed by atoms with van der Waals surface area (Å²) in [5.41, 5.74) is 1.60. The number of carbonyl (C=O) groups excluding carboxylic acids is 1. The maximum atomic E-state index is 13.5. The molecular formula is C21H24FNO2. The van der Waals surface area contributed by atoms with Gasteiger partial charge in [-0.3, -0.25) is 4.79 Å². The van der Waals surface area contributed by atoms with Gasteiger partial charge in [-0.05, 0) is 36.1 Å². The maximum Gasteiger partial charge on any atom is 0.233 e. The topological polar surface area (TPSA) is 40.5 Å². The van der Waals surface area contributed by atoms with Crippen molar-refractivity contribution in [3.8, 4) is 0 Å². The Morgan fingerprint density at radius 2 is 1.84 bits per heavy atom. The number of halogens is 1. The smallest absolute Gasteiger partial charge is 0.233 e. The third kappa shape index (κ3) is 4.26. The van der Waals surface area contributed by atoms with Gasteiger partial charge in [0.1, 0.15) is 5.82 Å². The van der Waals surface area contributed by atoms with E-state index in [4.69, 9.17) is 0 Å². The first kappa shape index (κ1) is 17.6. The Bertz CT molecular complexity index is 698. The van der Waals surface area contributed by atoms with Gasteiger partial charge in [-0.25, -0.2) is 4.39 Å².